The highest BCUT2D eigenvalue weighted by Crippen LogP contribution is 2.10. The van der Waals surface area contributed by atoms with Crippen molar-refractivity contribution in [3.8, 4) is 0 Å². The van der Waals surface area contributed by atoms with Crippen molar-refractivity contribution in [3.05, 3.63) is 35.9 Å². The Hall–Kier alpha value is -2.13. The summed E-state index contributed by atoms with van der Waals surface area (Å²) >= 11 is 5.56. The van der Waals surface area contributed by atoms with Gasteiger partial charge in [-0.05, 0) is 23.7 Å². The van der Waals surface area contributed by atoms with Crippen LogP contribution in [0, 0.1) is 0 Å². The average molecular weight is 425 g/mol. The lowest BCUT2D eigenvalue weighted by Crippen LogP contribution is -2.41. The van der Waals surface area contributed by atoms with Gasteiger partial charge in [0.2, 0.25) is 0 Å². The van der Waals surface area contributed by atoms with Crippen molar-refractivity contribution in [2.75, 3.05) is 0 Å². The fraction of sp³-hybridized carbons (Fsp3) is 0.474. The van der Waals surface area contributed by atoms with E-state index in [1.807, 2.05) is 30.3 Å². The minimum atomic E-state index is -0.810. The van der Waals surface area contributed by atoms with Gasteiger partial charge >= 0.3 is 6.09 Å². The quantitative estimate of drug-likeness (QED) is 0.228. The summed E-state index contributed by atoms with van der Waals surface area (Å²) in [6, 6.07) is 8.48. The van der Waals surface area contributed by atoms with Crippen LogP contribution in [0.5, 0.6) is 0 Å². The second kappa shape index (κ2) is 14.0. The molecule has 5 N–H and O–H groups in total. The molecule has 9 heteroatoms. The van der Waals surface area contributed by atoms with Gasteiger partial charge in [0.15, 0.2) is 5.17 Å². The average Bonchev–Trinajstić information content (AvgIpc) is 2.65. The monoisotopic (exact) mass is 424 g/mol. The molecule has 154 valence electrons. The number of nitrogens with zero attached hydrogens (tertiary/aromatic N) is 1. The number of hydrogen-bond donors (Lipinski definition) is 3. The van der Waals surface area contributed by atoms with Crippen LogP contribution in [0.25, 0.3) is 0 Å². The molecule has 0 bridgehead atoms. The largest absolute Gasteiger partial charge is 0.445 e. The van der Waals surface area contributed by atoms with E-state index in [-0.39, 0.29) is 16.1 Å². The molecule has 0 saturated heterocycles. The number of amidine groups is 1. The van der Waals surface area contributed by atoms with Crippen LogP contribution in [0.3, 0.4) is 0 Å². The summed E-state index contributed by atoms with van der Waals surface area (Å²) < 4.78 is 5.26. The van der Waals surface area contributed by atoms with E-state index in [4.69, 9.17) is 28.4 Å². The second-order valence-electron chi connectivity index (χ2n) is 6.17. The molecule has 0 fully saturated rings. The van der Waals surface area contributed by atoms with E-state index in [9.17, 15) is 9.59 Å². The number of thiocarbonyl (C=S) groups is 1. The van der Waals surface area contributed by atoms with Crippen LogP contribution in [0.2, 0.25) is 0 Å². The molecule has 0 saturated carbocycles. The summed E-state index contributed by atoms with van der Waals surface area (Å²) in [6.07, 6.45) is 4.89. The minimum Gasteiger partial charge on any atom is -0.445 e. The van der Waals surface area contributed by atoms with E-state index in [0.29, 0.717) is 6.42 Å². The first kappa shape index (κ1) is 23.9. The van der Waals surface area contributed by atoms with Gasteiger partial charge < -0.3 is 21.5 Å². The van der Waals surface area contributed by atoms with E-state index < -0.39 is 18.0 Å². The first-order valence-corrected chi connectivity index (χ1v) is 10.5. The van der Waals surface area contributed by atoms with Gasteiger partial charge in [-0.25, -0.2) is 4.79 Å². The van der Waals surface area contributed by atoms with Gasteiger partial charge in [0, 0.05) is 0 Å². The molecule has 1 aromatic rings. The molecule has 1 aromatic carbocycles. The Kier molecular flexibility index (Phi) is 11.9. The van der Waals surface area contributed by atoms with Crippen LogP contribution < -0.4 is 16.8 Å². The van der Waals surface area contributed by atoms with Crippen molar-refractivity contribution in [1.82, 2.24) is 5.32 Å². The van der Waals surface area contributed by atoms with E-state index in [2.05, 4.69) is 17.2 Å². The molecule has 0 aliphatic rings. The highest BCUT2D eigenvalue weighted by Gasteiger charge is 2.21. The molecule has 28 heavy (non-hydrogen) atoms. The third-order valence-electron chi connectivity index (χ3n) is 3.82. The van der Waals surface area contributed by atoms with Gasteiger partial charge in [0.1, 0.15) is 17.0 Å². The Balaban J connectivity index is 2.63. The number of unbranched alkanes of at least 4 members (excludes halogenated alkanes) is 4. The number of thioether (sulfide) groups is 1. The summed E-state index contributed by atoms with van der Waals surface area (Å²) in [5.41, 5.74) is 11.9. The Morgan fingerprint density at radius 3 is 2.50 bits per heavy atom. The molecule has 1 unspecified atom stereocenters. The fourth-order valence-electron chi connectivity index (χ4n) is 2.43. The van der Waals surface area contributed by atoms with Crippen LogP contribution in [0.4, 0.5) is 4.79 Å². The molecule has 0 spiro atoms. The van der Waals surface area contributed by atoms with Gasteiger partial charge in [-0.1, -0.05) is 81.6 Å². The number of aliphatic imine (C=N–C) groups is 1. The number of carbonyl (C=O) groups excluding carboxylic acids is 2. The zero-order valence-corrected chi connectivity index (χ0v) is 17.7. The second-order valence-corrected chi connectivity index (χ2v) is 7.93. The number of rotatable bonds is 10. The maximum absolute atomic E-state index is 12.4. The summed E-state index contributed by atoms with van der Waals surface area (Å²) in [7, 11) is 0. The molecule has 0 aliphatic carbocycles. The SMILES string of the molecule is CCCCCCCC(NC(=O)OCc1ccccc1)C(=O)N=C(N)SC(N)=S. The molecular formula is C19H28N4O3S2. The summed E-state index contributed by atoms with van der Waals surface area (Å²) in [6.45, 7) is 2.25. The first-order chi connectivity index (χ1) is 13.4. The van der Waals surface area contributed by atoms with Crippen molar-refractivity contribution in [1.29, 1.82) is 0 Å². The lowest BCUT2D eigenvalue weighted by atomic mass is 10.1. The summed E-state index contributed by atoms with van der Waals surface area (Å²) in [5, 5.41) is 2.54. The number of amides is 2. The highest BCUT2D eigenvalue weighted by atomic mass is 32.2. The fourth-order valence-corrected chi connectivity index (χ4v) is 3.03. The first-order valence-electron chi connectivity index (χ1n) is 9.24. The minimum absolute atomic E-state index is 0.0482. The molecule has 2 amide bonds. The van der Waals surface area contributed by atoms with Gasteiger partial charge in [-0.2, -0.15) is 4.99 Å². The molecule has 0 radical (unpaired) electrons. The zero-order valence-electron chi connectivity index (χ0n) is 16.1. The van der Waals surface area contributed by atoms with Crippen molar-refractivity contribution >= 4 is 45.5 Å². The van der Waals surface area contributed by atoms with Crippen molar-refractivity contribution in [2.24, 2.45) is 16.5 Å². The molecule has 7 nitrogen and oxygen atoms in total. The van der Waals surface area contributed by atoms with Crippen LogP contribution in [-0.4, -0.2) is 27.5 Å². The Bertz CT molecular complexity index is 668. The number of nitrogens with two attached hydrogens (primary N) is 2. The van der Waals surface area contributed by atoms with E-state index >= 15 is 0 Å². The van der Waals surface area contributed by atoms with Gasteiger partial charge in [-0.3, -0.25) is 4.79 Å². The third kappa shape index (κ3) is 10.9. The molecule has 1 rings (SSSR count). The number of hydrogen-bond acceptors (Lipinski definition) is 5. The summed E-state index contributed by atoms with van der Waals surface area (Å²) in [4.78, 5) is 28.3. The number of nitrogens with one attached hydrogen (secondary N) is 1. The van der Waals surface area contributed by atoms with E-state index in [1.165, 1.54) is 0 Å². The van der Waals surface area contributed by atoms with Crippen LogP contribution in [0.15, 0.2) is 35.3 Å². The van der Waals surface area contributed by atoms with E-state index in [1.54, 1.807) is 0 Å². The van der Waals surface area contributed by atoms with Crippen molar-refractivity contribution < 1.29 is 14.3 Å². The predicted molar refractivity (Wildman–Crippen MR) is 118 cm³/mol. The standard InChI is InChI=1S/C19H28N4O3S2/c1-2-3-4-5-9-12-15(16(24)23-17(20)28-18(21)27)22-19(25)26-13-14-10-7-6-8-11-14/h6-8,10-11,15H,2-5,9,12-13H2,1H3,(H2,21,27)(H,22,25)(H2,20,23,24). The zero-order chi connectivity index (χ0) is 20.8. The van der Waals surface area contributed by atoms with Crippen molar-refractivity contribution in [3.63, 3.8) is 0 Å². The number of ether oxygens (including phenoxy) is 1. The lowest BCUT2D eigenvalue weighted by Gasteiger charge is -2.16. The molecule has 0 aliphatic heterocycles. The van der Waals surface area contributed by atoms with Gasteiger partial charge in [-0.15, -0.1) is 0 Å². The van der Waals surface area contributed by atoms with Gasteiger partial charge in [0.05, 0.1) is 0 Å². The van der Waals surface area contributed by atoms with Crippen molar-refractivity contribution in [2.45, 2.75) is 58.1 Å². The summed E-state index contributed by atoms with van der Waals surface area (Å²) in [5.74, 6) is -0.548. The van der Waals surface area contributed by atoms with Crippen LogP contribution >= 0.6 is 24.0 Å². The Morgan fingerprint density at radius 1 is 1.18 bits per heavy atom. The maximum Gasteiger partial charge on any atom is 0.408 e. The molecular weight excluding hydrogens is 396 g/mol. The highest BCUT2D eigenvalue weighted by molar-refractivity contribution is 8.32. The normalized spacial score (nSPS) is 12.2. The Labute approximate surface area is 175 Å². The third-order valence-corrected chi connectivity index (χ3v) is 4.58. The topological polar surface area (TPSA) is 120 Å². The predicted octanol–water partition coefficient (Wildman–Crippen LogP) is 3.46. The molecule has 0 aromatic heterocycles. The molecule has 1 atom stereocenters. The number of alkyl carbamates (subject to hydrolysis) is 1. The van der Waals surface area contributed by atoms with Crippen LogP contribution in [0.1, 0.15) is 51.0 Å². The molecule has 0 heterocycles. The van der Waals surface area contributed by atoms with Crippen LogP contribution in [-0.2, 0) is 16.1 Å². The maximum atomic E-state index is 12.4. The smallest absolute Gasteiger partial charge is 0.408 e. The number of benzene rings is 1. The Morgan fingerprint density at radius 2 is 1.86 bits per heavy atom. The lowest BCUT2D eigenvalue weighted by molar-refractivity contribution is -0.119. The van der Waals surface area contributed by atoms with E-state index in [0.717, 1.165) is 49.4 Å². The number of carbonyl (C=O) groups is 2. The van der Waals surface area contributed by atoms with Gasteiger partial charge in [0.25, 0.3) is 5.91 Å².